The molecule has 1 aliphatic rings. The lowest BCUT2D eigenvalue weighted by Crippen LogP contribution is -2.40. The van der Waals surface area contributed by atoms with Gasteiger partial charge < -0.3 is 9.84 Å². The number of fused-ring (bicyclic) bond motifs is 1. The summed E-state index contributed by atoms with van der Waals surface area (Å²) in [5, 5.41) is 9.30. The third-order valence-corrected chi connectivity index (χ3v) is 4.03. The molecule has 4 nitrogen and oxygen atoms in total. The normalized spacial score (nSPS) is 16.3. The maximum absolute atomic E-state index is 13.3. The Balaban J connectivity index is 2.20. The Labute approximate surface area is 150 Å². The lowest BCUT2D eigenvalue weighted by molar-refractivity contribution is -0.187. The van der Waals surface area contributed by atoms with Gasteiger partial charge in [0.15, 0.2) is 0 Å². The van der Waals surface area contributed by atoms with Crippen LogP contribution in [-0.4, -0.2) is 29.6 Å². The van der Waals surface area contributed by atoms with E-state index >= 15 is 0 Å². The van der Waals surface area contributed by atoms with Crippen molar-refractivity contribution in [1.82, 2.24) is 0 Å². The van der Waals surface area contributed by atoms with E-state index in [0.717, 1.165) is 6.08 Å². The highest BCUT2D eigenvalue weighted by Gasteiger charge is 2.48. The number of rotatable bonds is 3. The Morgan fingerprint density at radius 1 is 1.19 bits per heavy atom. The monoisotopic (exact) mass is 382 g/mol. The Kier molecular flexibility index (Phi) is 4.50. The average molecular weight is 383 g/mol. The Morgan fingerprint density at radius 3 is 2.38 bits per heavy atom. The molecule has 2 aromatic rings. The van der Waals surface area contributed by atoms with E-state index < -0.39 is 23.8 Å². The zero-order valence-electron chi connectivity index (χ0n) is 12.9. The molecular weight excluding hydrogens is 373 g/mol. The maximum atomic E-state index is 13.3. The summed E-state index contributed by atoms with van der Waals surface area (Å²) >= 11 is 6.03. The molecule has 1 heterocycles. The highest BCUT2D eigenvalue weighted by Crippen LogP contribution is 2.44. The summed E-state index contributed by atoms with van der Waals surface area (Å²) in [6.07, 6.45) is -5.95. The van der Waals surface area contributed by atoms with E-state index in [1.165, 1.54) is 36.4 Å². The van der Waals surface area contributed by atoms with Gasteiger partial charge in [-0.25, -0.2) is 4.79 Å². The molecule has 26 heavy (non-hydrogen) atoms. The van der Waals surface area contributed by atoms with Gasteiger partial charge in [-0.3, -0.25) is 4.79 Å². The molecule has 1 aliphatic heterocycles. The van der Waals surface area contributed by atoms with Crippen LogP contribution in [0.1, 0.15) is 15.9 Å². The van der Waals surface area contributed by atoms with Crippen LogP contribution in [0.25, 0.3) is 17.2 Å². The minimum atomic E-state index is -4.90. The average Bonchev–Trinajstić information content (AvgIpc) is 2.59. The number of alkyl halides is 3. The van der Waals surface area contributed by atoms with Gasteiger partial charge in [-0.15, -0.1) is 0 Å². The topological polar surface area (TPSA) is 63.6 Å². The van der Waals surface area contributed by atoms with Crippen molar-refractivity contribution in [3.63, 3.8) is 0 Å². The fraction of sp³-hybridized carbons (Fsp3) is 0.111. The van der Waals surface area contributed by atoms with Gasteiger partial charge in [0.05, 0.1) is 5.57 Å². The first-order valence-electron chi connectivity index (χ1n) is 7.28. The van der Waals surface area contributed by atoms with Gasteiger partial charge in [0.1, 0.15) is 12.0 Å². The van der Waals surface area contributed by atoms with E-state index in [1.54, 1.807) is 0 Å². The van der Waals surface area contributed by atoms with E-state index in [9.17, 15) is 22.8 Å². The van der Waals surface area contributed by atoms with Crippen LogP contribution in [-0.2, 0) is 4.79 Å². The van der Waals surface area contributed by atoms with Gasteiger partial charge in [0.25, 0.3) is 0 Å². The molecule has 2 aromatic carbocycles. The second-order valence-corrected chi connectivity index (χ2v) is 5.99. The summed E-state index contributed by atoms with van der Waals surface area (Å²) in [5.41, 5.74) is 0.341. The molecule has 0 amide bonds. The van der Waals surface area contributed by atoms with Crippen molar-refractivity contribution in [3.05, 3.63) is 58.1 Å². The van der Waals surface area contributed by atoms with Crippen LogP contribution >= 0.6 is 11.6 Å². The molecule has 0 aromatic heterocycles. The predicted molar refractivity (Wildman–Crippen MR) is 88.4 cm³/mol. The standard InChI is InChI=1S/C18H10ClF3O4/c19-12-5-11-6-14(17(24)25)16(18(20,21)22)26-15(11)13(7-12)10-3-1-9(8-23)2-4-10/h1-8,16H,(H,24,25). The van der Waals surface area contributed by atoms with E-state index in [2.05, 4.69) is 0 Å². The van der Waals surface area contributed by atoms with Crippen LogP contribution < -0.4 is 4.74 Å². The van der Waals surface area contributed by atoms with Crippen molar-refractivity contribution in [2.24, 2.45) is 0 Å². The number of hydrogen-bond donors (Lipinski definition) is 1. The number of aldehydes is 1. The van der Waals surface area contributed by atoms with Crippen molar-refractivity contribution in [1.29, 1.82) is 0 Å². The number of carboxylic acids is 1. The third-order valence-electron chi connectivity index (χ3n) is 3.81. The molecule has 8 heteroatoms. The van der Waals surface area contributed by atoms with Crippen molar-refractivity contribution >= 4 is 29.9 Å². The predicted octanol–water partition coefficient (Wildman–Crippen LogP) is 4.61. The molecule has 1 N–H and O–H groups in total. The zero-order valence-corrected chi connectivity index (χ0v) is 13.6. The molecule has 0 saturated carbocycles. The number of carbonyl (C=O) groups is 2. The number of halogens is 4. The summed E-state index contributed by atoms with van der Waals surface area (Å²) in [4.78, 5) is 22.0. The van der Waals surface area contributed by atoms with Crippen LogP contribution in [0.5, 0.6) is 5.75 Å². The van der Waals surface area contributed by atoms with Crippen LogP contribution in [0.3, 0.4) is 0 Å². The third kappa shape index (κ3) is 3.30. The first-order chi connectivity index (χ1) is 12.2. The minimum absolute atomic E-state index is 0.124. The Hall–Kier alpha value is -2.80. The van der Waals surface area contributed by atoms with Crippen LogP contribution in [0.2, 0.25) is 5.02 Å². The van der Waals surface area contributed by atoms with Gasteiger partial charge in [0, 0.05) is 21.7 Å². The van der Waals surface area contributed by atoms with Crippen molar-refractivity contribution in [2.75, 3.05) is 0 Å². The molecular formula is C18H10ClF3O4. The Bertz CT molecular complexity index is 917. The number of carboxylic acid groups (broad SMARTS) is 1. The first-order valence-corrected chi connectivity index (χ1v) is 7.66. The molecule has 0 bridgehead atoms. The summed E-state index contributed by atoms with van der Waals surface area (Å²) in [6.45, 7) is 0. The second-order valence-electron chi connectivity index (χ2n) is 5.56. The summed E-state index contributed by atoms with van der Waals surface area (Å²) < 4.78 is 44.9. The fourth-order valence-corrected chi connectivity index (χ4v) is 2.88. The quantitative estimate of drug-likeness (QED) is 0.787. The van der Waals surface area contributed by atoms with Crippen molar-refractivity contribution in [3.8, 4) is 16.9 Å². The maximum Gasteiger partial charge on any atom is 0.430 e. The van der Waals surface area contributed by atoms with Gasteiger partial charge in [-0.05, 0) is 23.8 Å². The van der Waals surface area contributed by atoms with Crippen LogP contribution in [0, 0.1) is 0 Å². The molecule has 0 spiro atoms. The molecule has 0 fully saturated rings. The van der Waals surface area contributed by atoms with Gasteiger partial charge in [-0.1, -0.05) is 35.9 Å². The molecule has 3 rings (SSSR count). The molecule has 0 radical (unpaired) electrons. The Morgan fingerprint density at radius 2 is 1.85 bits per heavy atom. The van der Waals surface area contributed by atoms with E-state index in [0.29, 0.717) is 17.4 Å². The van der Waals surface area contributed by atoms with Gasteiger partial charge in [-0.2, -0.15) is 13.2 Å². The number of benzene rings is 2. The van der Waals surface area contributed by atoms with E-state index in [1.807, 2.05) is 0 Å². The van der Waals surface area contributed by atoms with Crippen molar-refractivity contribution < 1.29 is 32.6 Å². The zero-order chi connectivity index (χ0) is 19.1. The van der Waals surface area contributed by atoms with Gasteiger partial charge >= 0.3 is 12.1 Å². The lowest BCUT2D eigenvalue weighted by Gasteiger charge is -2.28. The van der Waals surface area contributed by atoms with E-state index in [4.69, 9.17) is 21.4 Å². The fourth-order valence-electron chi connectivity index (χ4n) is 2.65. The highest BCUT2D eigenvalue weighted by molar-refractivity contribution is 6.31. The SMILES string of the molecule is O=Cc1ccc(-c2cc(Cl)cc3c2OC(C(F)(F)F)C(C(=O)O)=C3)cc1. The minimum Gasteiger partial charge on any atom is -0.478 e. The van der Waals surface area contributed by atoms with E-state index in [-0.39, 0.29) is 21.9 Å². The molecule has 0 saturated heterocycles. The number of carbonyl (C=O) groups excluding carboxylic acids is 1. The molecule has 1 atom stereocenters. The summed E-state index contributed by atoms with van der Waals surface area (Å²) in [7, 11) is 0. The second kappa shape index (κ2) is 6.49. The largest absolute Gasteiger partial charge is 0.478 e. The highest BCUT2D eigenvalue weighted by atomic mass is 35.5. The summed E-state index contributed by atoms with van der Waals surface area (Å²) in [6, 6.07) is 8.83. The van der Waals surface area contributed by atoms with Crippen LogP contribution in [0.4, 0.5) is 13.2 Å². The first kappa shape index (κ1) is 18.0. The van der Waals surface area contributed by atoms with Crippen molar-refractivity contribution in [2.45, 2.75) is 12.3 Å². The van der Waals surface area contributed by atoms with Gasteiger partial charge in [0.2, 0.25) is 6.10 Å². The number of aliphatic carboxylic acids is 1. The lowest BCUT2D eigenvalue weighted by atomic mass is 9.95. The number of ether oxygens (including phenoxy) is 1. The summed E-state index contributed by atoms with van der Waals surface area (Å²) in [5.74, 6) is -1.85. The molecule has 134 valence electrons. The van der Waals surface area contributed by atoms with Crippen LogP contribution in [0.15, 0.2) is 42.0 Å². The molecule has 0 aliphatic carbocycles. The smallest absolute Gasteiger partial charge is 0.430 e. The number of hydrogen-bond acceptors (Lipinski definition) is 3. The molecule has 1 unspecified atom stereocenters.